The SMILES string of the molecule is C=C1c2sc(C=O)cc2N=C(N2CCCCC2)N1Cc1ccccc1C#N. The van der Waals surface area contributed by atoms with Gasteiger partial charge >= 0.3 is 0 Å². The van der Waals surface area contributed by atoms with E-state index in [2.05, 4.69) is 22.4 Å². The van der Waals surface area contributed by atoms with Gasteiger partial charge in [-0.05, 0) is 37.0 Å². The first-order valence-electron chi connectivity index (χ1n) is 9.08. The number of guanidine groups is 1. The molecule has 0 saturated carbocycles. The van der Waals surface area contributed by atoms with Crippen molar-refractivity contribution in [3.63, 3.8) is 0 Å². The molecule has 0 amide bonds. The average Bonchev–Trinajstić information content (AvgIpc) is 3.14. The van der Waals surface area contributed by atoms with E-state index in [1.807, 2.05) is 30.3 Å². The van der Waals surface area contributed by atoms with Gasteiger partial charge < -0.3 is 9.80 Å². The molecule has 2 aromatic rings. The molecular formula is C21H20N4OS. The lowest BCUT2D eigenvalue weighted by Gasteiger charge is -2.39. The number of piperidine rings is 1. The second-order valence-electron chi connectivity index (χ2n) is 6.74. The molecule has 0 N–H and O–H groups in total. The average molecular weight is 376 g/mol. The van der Waals surface area contributed by atoms with Crippen LogP contribution in [0.5, 0.6) is 0 Å². The fraction of sp³-hybridized carbons (Fsp3) is 0.286. The molecule has 4 rings (SSSR count). The van der Waals surface area contributed by atoms with Crippen LogP contribution in [0.15, 0.2) is 41.9 Å². The van der Waals surface area contributed by atoms with Gasteiger partial charge in [0, 0.05) is 13.1 Å². The van der Waals surface area contributed by atoms with Crippen LogP contribution in [0.3, 0.4) is 0 Å². The number of thiophene rings is 1. The van der Waals surface area contributed by atoms with Gasteiger partial charge in [-0.25, -0.2) is 4.99 Å². The summed E-state index contributed by atoms with van der Waals surface area (Å²) in [4.78, 5) is 22.1. The van der Waals surface area contributed by atoms with Crippen molar-refractivity contribution >= 4 is 35.0 Å². The number of hydrogen-bond acceptors (Lipinski definition) is 6. The Hall–Kier alpha value is -2.91. The molecule has 3 heterocycles. The zero-order valence-electron chi connectivity index (χ0n) is 15.0. The van der Waals surface area contributed by atoms with E-state index in [0.29, 0.717) is 17.0 Å². The van der Waals surface area contributed by atoms with Gasteiger partial charge in [0.15, 0.2) is 6.29 Å². The van der Waals surface area contributed by atoms with E-state index in [9.17, 15) is 10.1 Å². The minimum atomic E-state index is 0.533. The Labute approximate surface area is 162 Å². The highest BCUT2D eigenvalue weighted by Crippen LogP contribution is 2.41. The lowest BCUT2D eigenvalue weighted by Crippen LogP contribution is -2.46. The first kappa shape index (κ1) is 17.5. The number of nitriles is 1. The number of fused-ring (bicyclic) bond motifs is 1. The quantitative estimate of drug-likeness (QED) is 0.746. The van der Waals surface area contributed by atoms with E-state index >= 15 is 0 Å². The Kier molecular flexibility index (Phi) is 4.78. The number of hydrogen-bond donors (Lipinski definition) is 0. The number of aldehydes is 1. The largest absolute Gasteiger partial charge is 0.342 e. The van der Waals surface area contributed by atoms with Gasteiger partial charge in [0.05, 0.1) is 39.3 Å². The maximum atomic E-state index is 11.2. The number of likely N-dealkylation sites (tertiary alicyclic amines) is 1. The molecule has 0 radical (unpaired) electrons. The summed E-state index contributed by atoms with van der Waals surface area (Å²) in [5, 5.41) is 9.45. The van der Waals surface area contributed by atoms with E-state index < -0.39 is 0 Å². The molecule has 2 aliphatic heterocycles. The highest BCUT2D eigenvalue weighted by Gasteiger charge is 2.30. The molecule has 5 nitrogen and oxygen atoms in total. The molecule has 6 heteroatoms. The van der Waals surface area contributed by atoms with Crippen LogP contribution in [0.2, 0.25) is 0 Å². The van der Waals surface area contributed by atoms with Crippen molar-refractivity contribution in [2.75, 3.05) is 13.1 Å². The predicted octanol–water partition coefficient (Wildman–Crippen LogP) is 4.39. The molecule has 1 saturated heterocycles. The number of rotatable bonds is 3. The minimum absolute atomic E-state index is 0.533. The van der Waals surface area contributed by atoms with Gasteiger partial charge in [-0.15, -0.1) is 11.3 Å². The first-order valence-corrected chi connectivity index (χ1v) is 9.90. The van der Waals surface area contributed by atoms with Gasteiger partial charge in [-0.1, -0.05) is 24.8 Å². The van der Waals surface area contributed by atoms with Crippen LogP contribution < -0.4 is 0 Å². The summed E-state index contributed by atoms with van der Waals surface area (Å²) < 4.78 is 0. The van der Waals surface area contributed by atoms with E-state index in [0.717, 1.165) is 60.0 Å². The highest BCUT2D eigenvalue weighted by molar-refractivity contribution is 7.15. The summed E-state index contributed by atoms with van der Waals surface area (Å²) >= 11 is 1.42. The van der Waals surface area contributed by atoms with Crippen molar-refractivity contribution in [1.29, 1.82) is 5.26 Å². The second-order valence-corrected chi connectivity index (χ2v) is 7.83. The van der Waals surface area contributed by atoms with E-state index in [1.165, 1.54) is 17.8 Å². The van der Waals surface area contributed by atoms with Crippen LogP contribution >= 0.6 is 11.3 Å². The Bertz CT molecular complexity index is 963. The summed E-state index contributed by atoms with van der Waals surface area (Å²) in [7, 11) is 0. The third kappa shape index (κ3) is 3.26. The molecule has 0 atom stereocenters. The molecule has 2 aliphatic rings. The zero-order chi connectivity index (χ0) is 18.8. The third-order valence-corrected chi connectivity index (χ3v) is 6.10. The number of carbonyl (C=O) groups is 1. The number of aliphatic imine (C=N–C) groups is 1. The monoisotopic (exact) mass is 376 g/mol. The predicted molar refractivity (Wildman–Crippen MR) is 108 cm³/mol. The van der Waals surface area contributed by atoms with E-state index in [1.54, 1.807) is 0 Å². The van der Waals surface area contributed by atoms with Gasteiger partial charge in [0.1, 0.15) is 0 Å². The zero-order valence-corrected chi connectivity index (χ0v) is 15.8. The smallest absolute Gasteiger partial charge is 0.206 e. The third-order valence-electron chi connectivity index (χ3n) is 5.00. The summed E-state index contributed by atoms with van der Waals surface area (Å²) in [5.74, 6) is 0.871. The van der Waals surface area contributed by atoms with Gasteiger partial charge in [-0.2, -0.15) is 5.26 Å². The number of benzene rings is 1. The minimum Gasteiger partial charge on any atom is -0.342 e. The summed E-state index contributed by atoms with van der Waals surface area (Å²) in [6.45, 7) is 6.77. The van der Waals surface area contributed by atoms with Crippen molar-refractivity contribution < 1.29 is 4.79 Å². The van der Waals surface area contributed by atoms with E-state index in [-0.39, 0.29) is 0 Å². The van der Waals surface area contributed by atoms with Crippen LogP contribution in [0.1, 0.15) is 44.9 Å². The van der Waals surface area contributed by atoms with Crippen molar-refractivity contribution in [2.45, 2.75) is 25.8 Å². The first-order chi connectivity index (χ1) is 13.2. The van der Waals surface area contributed by atoms with Crippen LogP contribution in [-0.2, 0) is 6.54 Å². The lowest BCUT2D eigenvalue weighted by atomic mass is 10.1. The normalized spacial score (nSPS) is 16.6. The van der Waals surface area contributed by atoms with Crippen molar-refractivity contribution in [3.05, 3.63) is 57.8 Å². The topological polar surface area (TPSA) is 59.7 Å². The molecule has 1 fully saturated rings. The summed E-state index contributed by atoms with van der Waals surface area (Å²) in [5.41, 5.74) is 3.26. The second kappa shape index (κ2) is 7.37. The van der Waals surface area contributed by atoms with Crippen molar-refractivity contribution in [1.82, 2.24) is 9.80 Å². The highest BCUT2D eigenvalue weighted by atomic mass is 32.1. The standard InChI is InChI=1S/C21H20N4OS/c1-15-20-19(11-18(14-26)27-20)23-21(24-9-5-2-6-10-24)25(15)13-17-8-4-3-7-16(17)12-22/h3-4,7-8,11,14H,1-2,5-6,9-10,13H2. The van der Waals surface area contributed by atoms with Crippen LogP contribution in [0.4, 0.5) is 5.69 Å². The maximum absolute atomic E-state index is 11.2. The van der Waals surface area contributed by atoms with Crippen molar-refractivity contribution in [2.24, 2.45) is 4.99 Å². The Morgan fingerprint density at radius 2 is 2.04 bits per heavy atom. The molecule has 0 spiro atoms. The summed E-state index contributed by atoms with van der Waals surface area (Å²) in [6, 6.07) is 11.7. The van der Waals surface area contributed by atoms with Gasteiger partial charge in [0.2, 0.25) is 5.96 Å². The molecule has 27 heavy (non-hydrogen) atoms. The fourth-order valence-corrected chi connectivity index (χ4v) is 4.49. The fourth-order valence-electron chi connectivity index (χ4n) is 3.60. The molecule has 136 valence electrons. The van der Waals surface area contributed by atoms with Gasteiger partial charge in [-0.3, -0.25) is 4.79 Å². The Morgan fingerprint density at radius 1 is 1.26 bits per heavy atom. The number of nitrogens with zero attached hydrogens (tertiary/aromatic N) is 4. The van der Waals surface area contributed by atoms with Gasteiger partial charge in [0.25, 0.3) is 0 Å². The molecule has 0 bridgehead atoms. The Morgan fingerprint density at radius 3 is 2.78 bits per heavy atom. The summed E-state index contributed by atoms with van der Waals surface area (Å²) in [6.07, 6.45) is 4.39. The van der Waals surface area contributed by atoms with E-state index in [4.69, 9.17) is 4.99 Å². The maximum Gasteiger partial charge on any atom is 0.206 e. The van der Waals surface area contributed by atoms with Crippen molar-refractivity contribution in [3.8, 4) is 6.07 Å². The molecule has 0 aliphatic carbocycles. The van der Waals surface area contributed by atoms with Crippen LogP contribution in [-0.4, -0.2) is 35.1 Å². The van der Waals surface area contributed by atoms with Crippen LogP contribution in [0, 0.1) is 11.3 Å². The Balaban J connectivity index is 1.76. The molecular weight excluding hydrogens is 356 g/mol. The molecule has 1 aromatic heterocycles. The molecule has 0 unspecified atom stereocenters. The lowest BCUT2D eigenvalue weighted by molar-refractivity contribution is 0.112. The molecule has 1 aromatic carbocycles. The number of carbonyl (C=O) groups excluding carboxylic acids is 1. The van der Waals surface area contributed by atoms with Crippen LogP contribution in [0.25, 0.3) is 5.70 Å².